The van der Waals surface area contributed by atoms with Crippen LogP contribution < -0.4 is 25.4 Å². The molecule has 10 nitrogen and oxygen atoms in total. The highest BCUT2D eigenvalue weighted by molar-refractivity contribution is 8.00. The summed E-state index contributed by atoms with van der Waals surface area (Å²) >= 11 is 2.76. The molecule has 300 valence electrons. The van der Waals surface area contributed by atoms with Gasteiger partial charge in [-0.2, -0.15) is 0 Å². The van der Waals surface area contributed by atoms with Crippen LogP contribution in [-0.2, 0) is 27.2 Å². The first-order valence-electron chi connectivity index (χ1n) is 18.9. The van der Waals surface area contributed by atoms with Gasteiger partial charge in [0, 0.05) is 26.6 Å². The summed E-state index contributed by atoms with van der Waals surface area (Å²) in [6.07, 6.45) is 4.05. The lowest BCUT2D eigenvalue weighted by Gasteiger charge is -2.33. The first-order chi connectivity index (χ1) is 27.9. The molecule has 3 N–H and O–H groups in total. The standard InChI is InChI=1S/C46H47N3O7S2/c1-46(2,3)31-23-24-34-37(26-31)58-44(38(34)45(53)56-6)49-43(52)40(28-15-9-7-10-16-28)57-33-21-14-20-32(27-33)47-42(51)35(48-41(50)29-17-11-8-12-18-29)25-30-19-13-22-36(54-4)39(30)55-5/h7-22,25,27,31,40H,23-24,26H2,1-6H3,(H,47,51)(H,48,50)(H,49,52)/b35-25+. The van der Waals surface area contributed by atoms with Gasteiger partial charge >= 0.3 is 5.97 Å². The average Bonchev–Trinajstić information content (AvgIpc) is 3.59. The van der Waals surface area contributed by atoms with Crippen molar-refractivity contribution in [3.05, 3.63) is 142 Å². The van der Waals surface area contributed by atoms with Crippen molar-refractivity contribution in [3.63, 3.8) is 0 Å². The fourth-order valence-corrected chi connectivity index (χ4v) is 9.32. The molecular weight excluding hydrogens is 771 g/mol. The summed E-state index contributed by atoms with van der Waals surface area (Å²) in [5.74, 6) is -0.523. The number of hydrogen-bond acceptors (Lipinski definition) is 9. The van der Waals surface area contributed by atoms with E-state index in [0.29, 0.717) is 49.7 Å². The summed E-state index contributed by atoms with van der Waals surface area (Å²) in [4.78, 5) is 56.6. The molecule has 6 rings (SSSR count). The topological polar surface area (TPSA) is 132 Å². The molecule has 1 aromatic heterocycles. The second-order valence-electron chi connectivity index (χ2n) is 14.8. The molecule has 0 fully saturated rings. The van der Waals surface area contributed by atoms with Gasteiger partial charge in [0.15, 0.2) is 11.5 Å². The van der Waals surface area contributed by atoms with E-state index >= 15 is 0 Å². The number of anilines is 2. The van der Waals surface area contributed by atoms with Gasteiger partial charge in [-0.1, -0.05) is 87.5 Å². The number of ether oxygens (including phenoxy) is 3. The molecule has 0 aliphatic heterocycles. The van der Waals surface area contributed by atoms with E-state index in [1.165, 1.54) is 50.5 Å². The van der Waals surface area contributed by atoms with Crippen LogP contribution in [0.4, 0.5) is 10.7 Å². The number of nitrogens with one attached hydrogen (secondary N) is 3. The van der Waals surface area contributed by atoms with Gasteiger partial charge in [0.25, 0.3) is 11.8 Å². The lowest BCUT2D eigenvalue weighted by atomic mass is 9.72. The fraction of sp³-hybridized carbons (Fsp3) is 0.261. The number of thiophene rings is 1. The first-order valence-corrected chi connectivity index (χ1v) is 20.6. The maximum atomic E-state index is 14.3. The van der Waals surface area contributed by atoms with Crippen molar-refractivity contribution in [3.8, 4) is 11.5 Å². The molecule has 0 spiro atoms. The zero-order chi connectivity index (χ0) is 41.4. The number of methoxy groups -OCH3 is 3. The lowest BCUT2D eigenvalue weighted by Crippen LogP contribution is -2.30. The third-order valence-corrected chi connectivity index (χ3v) is 12.5. The van der Waals surface area contributed by atoms with Crippen molar-refractivity contribution in [2.24, 2.45) is 11.3 Å². The van der Waals surface area contributed by atoms with E-state index in [1.54, 1.807) is 66.7 Å². The minimum Gasteiger partial charge on any atom is -0.493 e. The quantitative estimate of drug-likeness (QED) is 0.0609. The smallest absolute Gasteiger partial charge is 0.341 e. The summed E-state index contributed by atoms with van der Waals surface area (Å²) in [6, 6.07) is 30.4. The number of carbonyl (C=O) groups excluding carboxylic acids is 4. The Balaban J connectivity index is 1.28. The number of thioether (sulfide) groups is 1. The molecule has 5 aromatic rings. The second-order valence-corrected chi connectivity index (χ2v) is 17.1. The van der Waals surface area contributed by atoms with Crippen LogP contribution in [0.5, 0.6) is 11.5 Å². The van der Waals surface area contributed by atoms with E-state index in [1.807, 2.05) is 36.4 Å². The molecule has 2 atom stereocenters. The number of benzene rings is 4. The maximum Gasteiger partial charge on any atom is 0.341 e. The summed E-state index contributed by atoms with van der Waals surface area (Å²) in [5, 5.41) is 8.56. The maximum absolute atomic E-state index is 14.3. The van der Waals surface area contributed by atoms with Crippen LogP contribution in [0.15, 0.2) is 114 Å². The highest BCUT2D eigenvalue weighted by Crippen LogP contribution is 2.45. The van der Waals surface area contributed by atoms with Crippen LogP contribution in [0, 0.1) is 11.3 Å². The van der Waals surface area contributed by atoms with Crippen molar-refractivity contribution in [2.45, 2.75) is 50.2 Å². The molecule has 0 radical (unpaired) electrons. The SMILES string of the molecule is COC(=O)c1c(NC(=O)C(Sc2cccc(NC(=O)/C(=C\c3cccc(OC)c3OC)NC(=O)c3ccccc3)c2)c2ccccc2)sc2c1CCC(C(C)(C)C)C2. The number of rotatable bonds is 13. The molecule has 2 unspecified atom stereocenters. The van der Waals surface area contributed by atoms with E-state index in [2.05, 4.69) is 36.7 Å². The number of amides is 3. The van der Waals surface area contributed by atoms with Gasteiger partial charge < -0.3 is 30.2 Å². The van der Waals surface area contributed by atoms with Crippen LogP contribution in [0.1, 0.15) is 74.7 Å². The number of para-hydroxylation sites is 1. The Morgan fingerprint density at radius 2 is 1.55 bits per heavy atom. The fourth-order valence-electron chi connectivity index (χ4n) is 6.91. The Bertz CT molecular complexity index is 2320. The minimum atomic E-state index is -0.722. The van der Waals surface area contributed by atoms with Gasteiger partial charge in [-0.15, -0.1) is 23.1 Å². The molecule has 1 heterocycles. The number of carbonyl (C=O) groups is 4. The Hall–Kier alpha value is -5.85. The molecule has 4 aromatic carbocycles. The molecule has 1 aliphatic carbocycles. The Morgan fingerprint density at radius 3 is 2.22 bits per heavy atom. The van der Waals surface area contributed by atoms with E-state index in [9.17, 15) is 19.2 Å². The number of hydrogen-bond donors (Lipinski definition) is 3. The largest absolute Gasteiger partial charge is 0.493 e. The monoisotopic (exact) mass is 817 g/mol. The van der Waals surface area contributed by atoms with Gasteiger partial charge in [-0.25, -0.2) is 4.79 Å². The van der Waals surface area contributed by atoms with Crippen LogP contribution in [0.2, 0.25) is 0 Å². The second kappa shape index (κ2) is 18.6. The Morgan fingerprint density at radius 1 is 0.845 bits per heavy atom. The van der Waals surface area contributed by atoms with Crippen LogP contribution in [0.3, 0.4) is 0 Å². The van der Waals surface area contributed by atoms with Gasteiger partial charge in [-0.3, -0.25) is 14.4 Å². The van der Waals surface area contributed by atoms with Crippen LogP contribution in [0.25, 0.3) is 6.08 Å². The number of esters is 1. The van der Waals surface area contributed by atoms with Gasteiger partial charge in [-0.05, 0) is 84.2 Å². The van der Waals surface area contributed by atoms with Crippen molar-refractivity contribution in [2.75, 3.05) is 32.0 Å². The predicted octanol–water partition coefficient (Wildman–Crippen LogP) is 9.58. The normalized spacial score (nSPS) is 14.4. The Kier molecular flexibility index (Phi) is 13.4. The predicted molar refractivity (Wildman–Crippen MR) is 231 cm³/mol. The number of fused-ring (bicyclic) bond motifs is 1. The lowest BCUT2D eigenvalue weighted by molar-refractivity contribution is -0.116. The molecule has 0 bridgehead atoms. The summed E-state index contributed by atoms with van der Waals surface area (Å²) < 4.78 is 16.3. The van der Waals surface area contributed by atoms with Gasteiger partial charge in [0.05, 0.1) is 26.9 Å². The van der Waals surface area contributed by atoms with E-state index in [0.717, 1.165) is 35.3 Å². The summed E-state index contributed by atoms with van der Waals surface area (Å²) in [7, 11) is 4.37. The van der Waals surface area contributed by atoms with Crippen LogP contribution in [-0.4, -0.2) is 45.0 Å². The van der Waals surface area contributed by atoms with Crippen molar-refractivity contribution in [1.82, 2.24) is 5.32 Å². The van der Waals surface area contributed by atoms with Gasteiger partial charge in [0.1, 0.15) is 15.9 Å². The van der Waals surface area contributed by atoms with E-state index < -0.39 is 23.0 Å². The van der Waals surface area contributed by atoms with Crippen LogP contribution >= 0.6 is 23.1 Å². The molecule has 12 heteroatoms. The van der Waals surface area contributed by atoms with Crippen molar-refractivity contribution < 1.29 is 33.4 Å². The molecule has 3 amide bonds. The molecule has 1 aliphatic rings. The van der Waals surface area contributed by atoms with Crippen molar-refractivity contribution >= 4 is 63.6 Å². The molecule has 0 saturated heterocycles. The Labute approximate surface area is 347 Å². The highest BCUT2D eigenvalue weighted by atomic mass is 32.2. The summed E-state index contributed by atoms with van der Waals surface area (Å²) in [5.41, 5.74) is 3.54. The van der Waals surface area contributed by atoms with E-state index in [4.69, 9.17) is 14.2 Å². The third-order valence-electron chi connectivity index (χ3n) is 10.1. The zero-order valence-corrected chi connectivity index (χ0v) is 35.0. The van der Waals surface area contributed by atoms with E-state index in [-0.39, 0.29) is 17.0 Å². The summed E-state index contributed by atoms with van der Waals surface area (Å²) in [6.45, 7) is 6.71. The average molecular weight is 818 g/mol. The third kappa shape index (κ3) is 9.81. The highest BCUT2D eigenvalue weighted by Gasteiger charge is 2.35. The molecular formula is C46H47N3O7S2. The molecule has 58 heavy (non-hydrogen) atoms. The molecule has 0 saturated carbocycles. The van der Waals surface area contributed by atoms with Gasteiger partial charge in [0.2, 0.25) is 5.91 Å². The minimum absolute atomic E-state index is 0.0334. The van der Waals surface area contributed by atoms with Crippen molar-refractivity contribution in [1.29, 1.82) is 0 Å². The first kappa shape index (κ1) is 41.8. The zero-order valence-electron chi connectivity index (χ0n) is 33.3.